The molecule has 21 heavy (non-hydrogen) atoms. The maximum Gasteiger partial charge on any atom is 0.323 e. The summed E-state index contributed by atoms with van der Waals surface area (Å²) < 4.78 is 10.9. The lowest BCUT2D eigenvalue weighted by atomic mass is 10.4. The summed E-state index contributed by atoms with van der Waals surface area (Å²) in [6.07, 6.45) is 3.59. The van der Waals surface area contributed by atoms with Crippen LogP contribution in [-0.2, 0) is 4.74 Å². The molecule has 0 spiro atoms. The minimum atomic E-state index is 0.343. The van der Waals surface area contributed by atoms with Crippen LogP contribution in [0.2, 0.25) is 0 Å². The highest BCUT2D eigenvalue weighted by Gasteiger charge is 2.20. The van der Waals surface area contributed by atoms with Crippen LogP contribution >= 0.6 is 0 Å². The molecule has 0 unspecified atom stereocenters. The van der Waals surface area contributed by atoms with E-state index in [0.717, 1.165) is 38.6 Å². The van der Waals surface area contributed by atoms with Crippen LogP contribution < -0.4 is 15.4 Å². The standard InChI is InChI=1S/C14H25N5O2/c1-3-15-12-17-13(19-14(18-12)21-4-2)16-8-5-9-20-10-11-6-7-11/h11H,3-10H2,1-2H3,(H2,15,16,17,18,19). The average molecular weight is 295 g/mol. The predicted octanol–water partition coefficient (Wildman–Crippen LogP) is 1.93. The van der Waals surface area contributed by atoms with E-state index in [1.807, 2.05) is 13.8 Å². The van der Waals surface area contributed by atoms with E-state index in [1.54, 1.807) is 0 Å². The van der Waals surface area contributed by atoms with Crippen molar-refractivity contribution in [2.45, 2.75) is 33.1 Å². The summed E-state index contributed by atoms with van der Waals surface area (Å²) in [5, 5.41) is 6.25. The molecule has 1 aliphatic carbocycles. The molecule has 2 N–H and O–H groups in total. The Hall–Kier alpha value is -1.63. The molecule has 0 atom stereocenters. The second-order valence-electron chi connectivity index (χ2n) is 5.03. The lowest BCUT2D eigenvalue weighted by molar-refractivity contribution is 0.124. The van der Waals surface area contributed by atoms with E-state index in [1.165, 1.54) is 12.8 Å². The minimum Gasteiger partial charge on any atom is -0.464 e. The molecule has 7 heteroatoms. The smallest absolute Gasteiger partial charge is 0.323 e. The second kappa shape index (κ2) is 8.61. The van der Waals surface area contributed by atoms with Gasteiger partial charge < -0.3 is 20.1 Å². The molecule has 0 aromatic carbocycles. The fourth-order valence-electron chi connectivity index (χ4n) is 1.78. The van der Waals surface area contributed by atoms with Gasteiger partial charge in [-0.05, 0) is 39.0 Å². The molecular weight excluding hydrogens is 270 g/mol. The van der Waals surface area contributed by atoms with Gasteiger partial charge in [-0.1, -0.05) is 0 Å². The summed E-state index contributed by atoms with van der Waals surface area (Å²) in [6.45, 7) is 7.63. The van der Waals surface area contributed by atoms with Crippen molar-refractivity contribution in [2.75, 3.05) is 43.5 Å². The summed E-state index contributed by atoms with van der Waals surface area (Å²) in [4.78, 5) is 12.7. The van der Waals surface area contributed by atoms with Gasteiger partial charge in [-0.15, -0.1) is 0 Å². The molecule has 1 fully saturated rings. The molecule has 1 saturated carbocycles. The zero-order chi connectivity index (χ0) is 14.9. The van der Waals surface area contributed by atoms with Crippen LogP contribution in [0, 0.1) is 5.92 Å². The van der Waals surface area contributed by atoms with Crippen LogP contribution in [0.4, 0.5) is 11.9 Å². The van der Waals surface area contributed by atoms with Crippen molar-refractivity contribution >= 4 is 11.9 Å². The first-order valence-corrected chi connectivity index (χ1v) is 7.76. The number of hydrogen-bond acceptors (Lipinski definition) is 7. The lowest BCUT2D eigenvalue weighted by Crippen LogP contribution is -2.12. The Morgan fingerprint density at radius 3 is 2.52 bits per heavy atom. The van der Waals surface area contributed by atoms with Gasteiger partial charge in [0, 0.05) is 26.3 Å². The number of ether oxygens (including phenoxy) is 2. The molecule has 2 rings (SSSR count). The monoisotopic (exact) mass is 295 g/mol. The molecule has 7 nitrogen and oxygen atoms in total. The Kier molecular flexibility index (Phi) is 6.46. The van der Waals surface area contributed by atoms with Crippen LogP contribution in [0.3, 0.4) is 0 Å². The van der Waals surface area contributed by atoms with Crippen LogP contribution in [0.25, 0.3) is 0 Å². The topological polar surface area (TPSA) is 81.2 Å². The molecule has 0 radical (unpaired) electrons. The van der Waals surface area contributed by atoms with Gasteiger partial charge in [-0.25, -0.2) is 0 Å². The van der Waals surface area contributed by atoms with Gasteiger partial charge in [0.05, 0.1) is 6.61 Å². The van der Waals surface area contributed by atoms with Crippen LogP contribution in [0.15, 0.2) is 0 Å². The Balaban J connectivity index is 1.74. The third kappa shape index (κ3) is 6.12. The third-order valence-corrected chi connectivity index (χ3v) is 3.02. The van der Waals surface area contributed by atoms with Gasteiger partial charge in [-0.3, -0.25) is 0 Å². The van der Waals surface area contributed by atoms with Gasteiger partial charge in [-0.2, -0.15) is 15.0 Å². The zero-order valence-electron chi connectivity index (χ0n) is 12.9. The van der Waals surface area contributed by atoms with Gasteiger partial charge in [0.1, 0.15) is 0 Å². The zero-order valence-corrected chi connectivity index (χ0v) is 12.9. The van der Waals surface area contributed by atoms with Gasteiger partial charge >= 0.3 is 6.01 Å². The molecule has 0 amide bonds. The summed E-state index contributed by atoms with van der Waals surface area (Å²) in [6, 6.07) is 0.343. The number of anilines is 2. The number of nitrogens with one attached hydrogen (secondary N) is 2. The lowest BCUT2D eigenvalue weighted by Gasteiger charge is -2.09. The van der Waals surface area contributed by atoms with E-state index in [9.17, 15) is 0 Å². The predicted molar refractivity (Wildman–Crippen MR) is 81.8 cm³/mol. The van der Waals surface area contributed by atoms with E-state index < -0.39 is 0 Å². The molecule has 1 aromatic heterocycles. The van der Waals surface area contributed by atoms with Crippen LogP contribution in [-0.4, -0.2) is 47.9 Å². The quantitative estimate of drug-likeness (QED) is 0.604. The summed E-state index contributed by atoms with van der Waals surface area (Å²) >= 11 is 0. The molecule has 118 valence electrons. The molecule has 1 aromatic rings. The SMILES string of the molecule is CCNc1nc(NCCCOCC2CC2)nc(OCC)n1. The summed E-state index contributed by atoms with van der Waals surface area (Å²) in [5.74, 6) is 1.88. The fraction of sp³-hybridized carbons (Fsp3) is 0.786. The third-order valence-electron chi connectivity index (χ3n) is 3.02. The first kappa shape index (κ1) is 15.8. The number of aromatic nitrogens is 3. The van der Waals surface area contributed by atoms with Gasteiger partial charge in [0.25, 0.3) is 0 Å². The maximum atomic E-state index is 5.59. The fourth-order valence-corrected chi connectivity index (χ4v) is 1.78. The molecule has 1 heterocycles. The maximum absolute atomic E-state index is 5.59. The first-order chi connectivity index (χ1) is 10.3. The highest BCUT2D eigenvalue weighted by molar-refractivity contribution is 5.35. The molecule has 0 bridgehead atoms. The van der Waals surface area contributed by atoms with E-state index in [4.69, 9.17) is 9.47 Å². The average Bonchev–Trinajstić information content (AvgIpc) is 3.27. The Labute approximate surface area is 125 Å². The Morgan fingerprint density at radius 2 is 1.86 bits per heavy atom. The van der Waals surface area contributed by atoms with Gasteiger partial charge in [0.15, 0.2) is 0 Å². The van der Waals surface area contributed by atoms with Crippen LogP contribution in [0.1, 0.15) is 33.1 Å². The highest BCUT2D eigenvalue weighted by atomic mass is 16.5. The van der Waals surface area contributed by atoms with Crippen molar-refractivity contribution in [1.82, 2.24) is 15.0 Å². The Bertz CT molecular complexity index is 402. The number of hydrogen-bond donors (Lipinski definition) is 2. The van der Waals surface area contributed by atoms with E-state index in [2.05, 4.69) is 25.6 Å². The van der Waals surface area contributed by atoms with Crippen molar-refractivity contribution in [2.24, 2.45) is 5.92 Å². The largest absolute Gasteiger partial charge is 0.464 e. The van der Waals surface area contributed by atoms with E-state index in [0.29, 0.717) is 24.5 Å². The molecule has 1 aliphatic rings. The molecular formula is C14H25N5O2. The van der Waals surface area contributed by atoms with Gasteiger partial charge in [0.2, 0.25) is 11.9 Å². The summed E-state index contributed by atoms with van der Waals surface area (Å²) in [5.41, 5.74) is 0. The summed E-state index contributed by atoms with van der Waals surface area (Å²) in [7, 11) is 0. The number of rotatable bonds is 11. The van der Waals surface area contributed by atoms with Crippen molar-refractivity contribution < 1.29 is 9.47 Å². The Morgan fingerprint density at radius 1 is 1.10 bits per heavy atom. The second-order valence-corrected chi connectivity index (χ2v) is 5.03. The minimum absolute atomic E-state index is 0.343. The van der Waals surface area contributed by atoms with Crippen molar-refractivity contribution in [1.29, 1.82) is 0 Å². The normalized spacial score (nSPS) is 14.0. The van der Waals surface area contributed by atoms with Crippen molar-refractivity contribution in [3.05, 3.63) is 0 Å². The highest BCUT2D eigenvalue weighted by Crippen LogP contribution is 2.28. The molecule has 0 aliphatic heterocycles. The van der Waals surface area contributed by atoms with E-state index in [-0.39, 0.29) is 0 Å². The molecule has 0 saturated heterocycles. The van der Waals surface area contributed by atoms with Crippen molar-refractivity contribution in [3.63, 3.8) is 0 Å². The van der Waals surface area contributed by atoms with E-state index >= 15 is 0 Å². The van der Waals surface area contributed by atoms with Crippen molar-refractivity contribution in [3.8, 4) is 6.01 Å². The first-order valence-electron chi connectivity index (χ1n) is 7.76. The number of nitrogens with zero attached hydrogens (tertiary/aromatic N) is 3. The van der Waals surface area contributed by atoms with Crippen LogP contribution in [0.5, 0.6) is 6.01 Å².